The van der Waals surface area contributed by atoms with Crippen LogP contribution >= 0.6 is 24.0 Å². The second-order valence-corrected chi connectivity index (χ2v) is 7.50. The van der Waals surface area contributed by atoms with Crippen molar-refractivity contribution < 1.29 is 14.3 Å². The van der Waals surface area contributed by atoms with Gasteiger partial charge in [0.15, 0.2) is 5.96 Å². The summed E-state index contributed by atoms with van der Waals surface area (Å²) in [6, 6.07) is 8.12. The second kappa shape index (κ2) is 10.6. The van der Waals surface area contributed by atoms with Crippen molar-refractivity contribution in [1.29, 1.82) is 0 Å². The van der Waals surface area contributed by atoms with E-state index in [0.29, 0.717) is 6.61 Å². The number of morpholine rings is 1. The van der Waals surface area contributed by atoms with Gasteiger partial charge in [0.25, 0.3) is 0 Å². The molecule has 3 heterocycles. The van der Waals surface area contributed by atoms with Crippen molar-refractivity contribution in [1.82, 2.24) is 10.2 Å². The van der Waals surface area contributed by atoms with Gasteiger partial charge in [-0.3, -0.25) is 4.79 Å². The number of aliphatic imine (C=N–C) groups is 1. The number of rotatable bonds is 4. The summed E-state index contributed by atoms with van der Waals surface area (Å²) in [4.78, 5) is 21.5. The number of fused-ring (bicyclic) bond motifs is 1. The van der Waals surface area contributed by atoms with Crippen molar-refractivity contribution in [3.05, 3.63) is 29.8 Å². The molecule has 7 nitrogen and oxygen atoms in total. The molecule has 4 rings (SSSR count). The van der Waals surface area contributed by atoms with Crippen molar-refractivity contribution in [2.75, 3.05) is 50.8 Å². The number of ether oxygens (including phenoxy) is 2. The number of nitrogens with zero attached hydrogens (tertiary/aromatic N) is 3. The zero-order valence-corrected chi connectivity index (χ0v) is 19.3. The Labute approximate surface area is 189 Å². The first-order valence-corrected chi connectivity index (χ1v) is 10.4. The van der Waals surface area contributed by atoms with Crippen molar-refractivity contribution in [2.24, 2.45) is 4.99 Å². The van der Waals surface area contributed by atoms with E-state index >= 15 is 0 Å². The molecule has 1 aromatic carbocycles. The highest BCUT2D eigenvalue weighted by atomic mass is 127. The highest BCUT2D eigenvalue weighted by molar-refractivity contribution is 14.0. The molecule has 1 amide bonds. The quantitative estimate of drug-likeness (QED) is 0.379. The van der Waals surface area contributed by atoms with Crippen LogP contribution in [0, 0.1) is 0 Å². The number of carbonyl (C=O) groups excluding carboxylic acids is 1. The molecule has 0 radical (unpaired) electrons. The molecule has 3 aliphatic heterocycles. The van der Waals surface area contributed by atoms with Gasteiger partial charge in [0.2, 0.25) is 5.91 Å². The third kappa shape index (κ3) is 5.21. The van der Waals surface area contributed by atoms with Crippen LogP contribution in [0.3, 0.4) is 0 Å². The maximum absolute atomic E-state index is 12.8. The minimum Gasteiger partial charge on any atom is -0.375 e. The number of halogens is 1. The lowest BCUT2D eigenvalue weighted by Crippen LogP contribution is -2.53. The van der Waals surface area contributed by atoms with Gasteiger partial charge in [-0.15, -0.1) is 24.0 Å². The molecule has 1 N–H and O–H groups in total. The van der Waals surface area contributed by atoms with Gasteiger partial charge in [0, 0.05) is 38.5 Å². The highest BCUT2D eigenvalue weighted by Crippen LogP contribution is 2.27. The lowest BCUT2D eigenvalue weighted by atomic mass is 10.1. The highest BCUT2D eigenvalue weighted by Gasteiger charge is 2.32. The summed E-state index contributed by atoms with van der Waals surface area (Å²) in [6.45, 7) is 6.70. The molecule has 0 spiro atoms. The fraction of sp³-hybridized carbons (Fsp3) is 0.619. The number of carbonyl (C=O) groups is 1. The zero-order chi connectivity index (χ0) is 19.3. The smallest absolute Gasteiger partial charge is 0.248 e. The first-order valence-electron chi connectivity index (χ1n) is 10.4. The first kappa shape index (κ1) is 22.3. The molecule has 2 unspecified atom stereocenters. The normalized spacial score (nSPS) is 24.2. The summed E-state index contributed by atoms with van der Waals surface area (Å²) in [6.07, 6.45) is 3.32. The largest absolute Gasteiger partial charge is 0.375 e. The average molecular weight is 514 g/mol. The number of hydrogen-bond donors (Lipinski definition) is 1. The molecule has 0 aliphatic carbocycles. The average Bonchev–Trinajstić information content (AvgIpc) is 3.41. The van der Waals surface area contributed by atoms with E-state index in [1.807, 2.05) is 30.0 Å². The molecule has 0 aromatic heterocycles. The van der Waals surface area contributed by atoms with E-state index in [1.165, 1.54) is 5.56 Å². The molecule has 0 bridgehead atoms. The van der Waals surface area contributed by atoms with E-state index in [4.69, 9.17) is 9.47 Å². The van der Waals surface area contributed by atoms with Crippen LogP contribution in [-0.2, 0) is 20.7 Å². The van der Waals surface area contributed by atoms with Crippen LogP contribution in [0.25, 0.3) is 0 Å². The molecule has 2 fully saturated rings. The van der Waals surface area contributed by atoms with Gasteiger partial charge in [-0.05, 0) is 37.8 Å². The first-order chi connectivity index (χ1) is 13.8. The van der Waals surface area contributed by atoms with Gasteiger partial charge in [-0.2, -0.15) is 0 Å². The fourth-order valence-corrected chi connectivity index (χ4v) is 4.24. The Morgan fingerprint density at radius 2 is 2.03 bits per heavy atom. The fourth-order valence-electron chi connectivity index (χ4n) is 4.24. The summed E-state index contributed by atoms with van der Waals surface area (Å²) in [5, 5.41) is 3.34. The minimum absolute atomic E-state index is 0. The number of amides is 1. The van der Waals surface area contributed by atoms with Gasteiger partial charge in [0.1, 0.15) is 12.6 Å². The number of benzene rings is 1. The molecular formula is C21H31IN4O3. The lowest BCUT2D eigenvalue weighted by molar-refractivity contribution is -0.117. The minimum atomic E-state index is 0. The Bertz CT molecular complexity index is 724. The van der Waals surface area contributed by atoms with Crippen molar-refractivity contribution in [3.8, 4) is 0 Å². The van der Waals surface area contributed by atoms with E-state index in [9.17, 15) is 4.79 Å². The van der Waals surface area contributed by atoms with Crippen LogP contribution in [0.5, 0.6) is 0 Å². The lowest BCUT2D eigenvalue weighted by Gasteiger charge is -2.37. The Hall–Kier alpha value is -1.39. The van der Waals surface area contributed by atoms with E-state index in [0.717, 1.165) is 63.7 Å². The Morgan fingerprint density at radius 3 is 2.83 bits per heavy atom. The molecule has 29 heavy (non-hydrogen) atoms. The number of guanidine groups is 1. The second-order valence-electron chi connectivity index (χ2n) is 7.50. The Morgan fingerprint density at radius 1 is 1.21 bits per heavy atom. The van der Waals surface area contributed by atoms with E-state index in [1.54, 1.807) is 0 Å². The summed E-state index contributed by atoms with van der Waals surface area (Å²) in [5.74, 6) is 0.832. The number of anilines is 1. The topological polar surface area (TPSA) is 66.4 Å². The van der Waals surface area contributed by atoms with Gasteiger partial charge >= 0.3 is 0 Å². The standard InChI is InChI=1S/C21H30N4O3.HI/c1-2-22-21(24-11-13-28-19(15-24)18-8-5-12-27-18)23-14-20(26)25-10-9-16-6-3-4-7-17(16)25;/h3-4,6-7,18-19H,2,5,8-15H2,1H3,(H,22,23);1H. The van der Waals surface area contributed by atoms with Gasteiger partial charge < -0.3 is 24.6 Å². The number of hydrogen-bond acceptors (Lipinski definition) is 4. The van der Waals surface area contributed by atoms with Crippen molar-refractivity contribution in [3.63, 3.8) is 0 Å². The molecule has 160 valence electrons. The summed E-state index contributed by atoms with van der Waals surface area (Å²) < 4.78 is 11.7. The summed E-state index contributed by atoms with van der Waals surface area (Å²) >= 11 is 0. The van der Waals surface area contributed by atoms with Crippen LogP contribution in [0.15, 0.2) is 29.3 Å². The van der Waals surface area contributed by atoms with E-state index < -0.39 is 0 Å². The van der Waals surface area contributed by atoms with Crippen LogP contribution in [0.1, 0.15) is 25.3 Å². The monoisotopic (exact) mass is 514 g/mol. The molecule has 0 saturated carbocycles. The molecule has 8 heteroatoms. The summed E-state index contributed by atoms with van der Waals surface area (Å²) in [5.41, 5.74) is 2.26. The molecule has 2 saturated heterocycles. The van der Waals surface area contributed by atoms with Gasteiger partial charge in [0.05, 0.1) is 12.7 Å². The van der Waals surface area contributed by atoms with Gasteiger partial charge in [-0.1, -0.05) is 18.2 Å². The van der Waals surface area contributed by atoms with Crippen molar-refractivity contribution in [2.45, 2.75) is 38.4 Å². The van der Waals surface area contributed by atoms with Crippen LogP contribution < -0.4 is 10.2 Å². The molecule has 2 atom stereocenters. The Kier molecular flexibility index (Phi) is 8.14. The molecule has 3 aliphatic rings. The van der Waals surface area contributed by atoms with Crippen LogP contribution in [0.2, 0.25) is 0 Å². The number of para-hydroxylation sites is 1. The van der Waals surface area contributed by atoms with Crippen LogP contribution in [-0.4, -0.2) is 74.9 Å². The third-order valence-electron chi connectivity index (χ3n) is 5.66. The summed E-state index contributed by atoms with van der Waals surface area (Å²) in [7, 11) is 0. The Balaban J connectivity index is 0.00000240. The predicted octanol–water partition coefficient (Wildman–Crippen LogP) is 2.04. The van der Waals surface area contributed by atoms with E-state index in [-0.39, 0.29) is 48.6 Å². The predicted molar refractivity (Wildman–Crippen MR) is 124 cm³/mol. The SMILES string of the molecule is CCNC(=NCC(=O)N1CCc2ccccc21)N1CCOC(C2CCCO2)C1.I. The van der Waals surface area contributed by atoms with Crippen molar-refractivity contribution >= 4 is 41.5 Å². The number of nitrogens with one attached hydrogen (secondary N) is 1. The maximum atomic E-state index is 12.8. The third-order valence-corrected chi connectivity index (χ3v) is 5.66. The van der Waals surface area contributed by atoms with Gasteiger partial charge in [-0.25, -0.2) is 4.99 Å². The molecular weight excluding hydrogens is 483 g/mol. The van der Waals surface area contributed by atoms with Crippen LogP contribution in [0.4, 0.5) is 5.69 Å². The maximum Gasteiger partial charge on any atom is 0.248 e. The van der Waals surface area contributed by atoms with E-state index in [2.05, 4.69) is 21.3 Å². The zero-order valence-electron chi connectivity index (χ0n) is 17.0. The molecule has 1 aromatic rings.